The molecule has 0 amide bonds. The molecule has 1 aromatic heterocycles. The van der Waals surface area contributed by atoms with Gasteiger partial charge in [-0.25, -0.2) is 4.39 Å². The number of hydrogen-bond acceptors (Lipinski definition) is 3. The van der Waals surface area contributed by atoms with Gasteiger partial charge in [-0.05, 0) is 30.7 Å². The van der Waals surface area contributed by atoms with Gasteiger partial charge in [0.25, 0.3) is 0 Å². The molecular weight excluding hydrogens is 219 g/mol. The lowest BCUT2D eigenvalue weighted by molar-refractivity contribution is 0.254. The van der Waals surface area contributed by atoms with Crippen LogP contribution in [0.3, 0.4) is 0 Å². The third-order valence-corrected chi connectivity index (χ3v) is 3.06. The van der Waals surface area contributed by atoms with Crippen molar-refractivity contribution in [1.29, 1.82) is 0 Å². The molecule has 5 heteroatoms. The number of hydrogen-bond donors (Lipinski definition) is 1. The molecule has 1 atom stereocenters. The molecule has 2 heterocycles. The number of halogens is 1. The lowest BCUT2D eigenvalue weighted by atomic mass is 10.1. The number of anilines is 1. The summed E-state index contributed by atoms with van der Waals surface area (Å²) in [5.74, 6) is 1.59. The van der Waals surface area contributed by atoms with Gasteiger partial charge in [-0.2, -0.15) is 0 Å². The van der Waals surface area contributed by atoms with E-state index < -0.39 is 6.17 Å². The number of benzene rings is 1. The summed E-state index contributed by atoms with van der Waals surface area (Å²) in [5, 5.41) is 8.24. The van der Waals surface area contributed by atoms with Gasteiger partial charge in [0, 0.05) is 17.7 Å². The first kappa shape index (κ1) is 10.3. The fourth-order valence-corrected chi connectivity index (χ4v) is 2.13. The van der Waals surface area contributed by atoms with E-state index in [1.165, 1.54) is 0 Å². The lowest BCUT2D eigenvalue weighted by Gasteiger charge is -2.18. The smallest absolute Gasteiger partial charge is 0.164 e. The van der Waals surface area contributed by atoms with Crippen molar-refractivity contribution in [2.45, 2.75) is 25.6 Å². The van der Waals surface area contributed by atoms with Crippen LogP contribution in [0.4, 0.5) is 10.1 Å². The highest BCUT2D eigenvalue weighted by molar-refractivity contribution is 5.59. The Morgan fingerprint density at radius 3 is 2.76 bits per heavy atom. The zero-order chi connectivity index (χ0) is 11.8. The van der Waals surface area contributed by atoms with Gasteiger partial charge in [0.15, 0.2) is 5.82 Å². The maximum Gasteiger partial charge on any atom is 0.164 e. The molecule has 1 unspecified atom stereocenters. The lowest BCUT2D eigenvalue weighted by Crippen LogP contribution is -2.21. The molecule has 0 radical (unpaired) electrons. The molecular formula is C12H13FN4. The van der Waals surface area contributed by atoms with Crippen molar-refractivity contribution in [2.75, 3.05) is 5.73 Å². The Kier molecular flexibility index (Phi) is 2.31. The zero-order valence-electron chi connectivity index (χ0n) is 9.31. The Labute approximate surface area is 98.3 Å². The average molecular weight is 232 g/mol. The zero-order valence-corrected chi connectivity index (χ0v) is 9.31. The Bertz CT molecular complexity index is 532. The topological polar surface area (TPSA) is 56.7 Å². The van der Waals surface area contributed by atoms with E-state index >= 15 is 0 Å². The van der Waals surface area contributed by atoms with Crippen LogP contribution >= 0.6 is 0 Å². The quantitative estimate of drug-likeness (QED) is 0.763. The van der Waals surface area contributed by atoms with Crippen molar-refractivity contribution < 1.29 is 4.39 Å². The molecule has 0 saturated carbocycles. The molecule has 1 aliphatic heterocycles. The molecule has 1 aliphatic rings. The van der Waals surface area contributed by atoms with Gasteiger partial charge in [-0.3, -0.25) is 0 Å². The van der Waals surface area contributed by atoms with Gasteiger partial charge >= 0.3 is 0 Å². The van der Waals surface area contributed by atoms with Crippen LogP contribution in [0.5, 0.6) is 0 Å². The second-order valence-electron chi connectivity index (χ2n) is 4.31. The van der Waals surface area contributed by atoms with E-state index in [0.717, 1.165) is 17.2 Å². The summed E-state index contributed by atoms with van der Waals surface area (Å²) in [7, 11) is 0. The summed E-state index contributed by atoms with van der Waals surface area (Å²) >= 11 is 0. The molecule has 4 nitrogen and oxygen atoms in total. The summed E-state index contributed by atoms with van der Waals surface area (Å²) in [6, 6.07) is 7.39. The predicted octanol–water partition coefficient (Wildman–Crippen LogP) is 1.81. The summed E-state index contributed by atoms with van der Waals surface area (Å²) < 4.78 is 15.3. The van der Waals surface area contributed by atoms with E-state index in [9.17, 15) is 4.39 Å². The van der Waals surface area contributed by atoms with E-state index in [1.807, 2.05) is 28.8 Å². The highest BCUT2D eigenvalue weighted by atomic mass is 19.1. The Morgan fingerprint density at radius 2 is 2.00 bits per heavy atom. The number of nitrogen functional groups attached to an aromatic ring is 1. The Morgan fingerprint density at radius 1 is 1.24 bits per heavy atom. The molecule has 17 heavy (non-hydrogen) atoms. The maximum atomic E-state index is 13.4. The third kappa shape index (κ3) is 1.77. The van der Waals surface area contributed by atoms with Gasteiger partial charge in [-0.15, -0.1) is 10.2 Å². The molecule has 2 N–H and O–H groups in total. The fourth-order valence-electron chi connectivity index (χ4n) is 2.13. The molecule has 3 rings (SSSR count). The van der Waals surface area contributed by atoms with Crippen molar-refractivity contribution >= 4 is 5.69 Å². The highest BCUT2D eigenvalue weighted by Crippen LogP contribution is 2.24. The van der Waals surface area contributed by atoms with Crippen LogP contribution in [-0.2, 0) is 13.0 Å². The minimum Gasteiger partial charge on any atom is -0.399 e. The van der Waals surface area contributed by atoms with Crippen LogP contribution in [-0.4, -0.2) is 20.9 Å². The minimum absolute atomic E-state index is 0.349. The predicted molar refractivity (Wildman–Crippen MR) is 63.1 cm³/mol. The van der Waals surface area contributed by atoms with E-state index in [4.69, 9.17) is 5.73 Å². The molecule has 88 valence electrons. The van der Waals surface area contributed by atoms with Crippen LogP contribution < -0.4 is 5.73 Å². The van der Waals surface area contributed by atoms with Crippen molar-refractivity contribution in [3.8, 4) is 11.4 Å². The average Bonchev–Trinajstić information content (AvgIpc) is 2.73. The number of fused-ring (bicyclic) bond motifs is 1. The second kappa shape index (κ2) is 3.84. The van der Waals surface area contributed by atoms with Crippen molar-refractivity contribution in [2.24, 2.45) is 0 Å². The first-order valence-corrected chi connectivity index (χ1v) is 5.66. The Balaban J connectivity index is 2.04. The SMILES string of the molecule is Nc1ccc(-c2nnc3n2CC(F)CC3)cc1. The van der Waals surface area contributed by atoms with Gasteiger partial charge in [-0.1, -0.05) is 0 Å². The van der Waals surface area contributed by atoms with Gasteiger partial charge in [0.05, 0.1) is 6.54 Å². The summed E-state index contributed by atoms with van der Waals surface area (Å²) in [5.41, 5.74) is 7.26. The number of rotatable bonds is 1. The summed E-state index contributed by atoms with van der Waals surface area (Å²) in [4.78, 5) is 0. The van der Waals surface area contributed by atoms with Gasteiger partial charge in [0.2, 0.25) is 0 Å². The number of nitrogens with zero attached hydrogens (tertiary/aromatic N) is 3. The second-order valence-corrected chi connectivity index (χ2v) is 4.31. The molecule has 0 aliphatic carbocycles. The number of nitrogens with two attached hydrogens (primary N) is 1. The minimum atomic E-state index is -0.800. The number of aromatic nitrogens is 3. The molecule has 0 fully saturated rings. The van der Waals surface area contributed by atoms with Crippen LogP contribution in [0.15, 0.2) is 24.3 Å². The van der Waals surface area contributed by atoms with Gasteiger partial charge < -0.3 is 10.3 Å². The summed E-state index contributed by atoms with van der Waals surface area (Å²) in [6.07, 6.45) is 0.397. The molecule has 0 spiro atoms. The van der Waals surface area contributed by atoms with E-state index in [0.29, 0.717) is 25.1 Å². The molecule has 1 aromatic carbocycles. The van der Waals surface area contributed by atoms with E-state index in [1.54, 1.807) is 0 Å². The monoisotopic (exact) mass is 232 g/mol. The number of alkyl halides is 1. The Hall–Kier alpha value is -1.91. The summed E-state index contributed by atoms with van der Waals surface area (Å²) in [6.45, 7) is 0.349. The first-order valence-electron chi connectivity index (χ1n) is 5.66. The van der Waals surface area contributed by atoms with E-state index in [2.05, 4.69) is 10.2 Å². The molecule has 2 aromatic rings. The third-order valence-electron chi connectivity index (χ3n) is 3.06. The standard InChI is InChI=1S/C12H13FN4/c13-9-3-6-11-15-16-12(17(11)7-9)8-1-4-10(14)5-2-8/h1-2,4-5,9H,3,6-7,14H2. The number of aryl methyl sites for hydroxylation is 1. The van der Waals surface area contributed by atoms with Crippen molar-refractivity contribution in [3.63, 3.8) is 0 Å². The fraction of sp³-hybridized carbons (Fsp3) is 0.333. The van der Waals surface area contributed by atoms with Gasteiger partial charge in [0.1, 0.15) is 12.0 Å². The largest absolute Gasteiger partial charge is 0.399 e. The van der Waals surface area contributed by atoms with Crippen LogP contribution in [0.2, 0.25) is 0 Å². The van der Waals surface area contributed by atoms with Crippen LogP contribution in [0.25, 0.3) is 11.4 Å². The van der Waals surface area contributed by atoms with Crippen LogP contribution in [0.1, 0.15) is 12.2 Å². The first-order chi connectivity index (χ1) is 8.24. The molecule has 0 bridgehead atoms. The highest BCUT2D eigenvalue weighted by Gasteiger charge is 2.22. The van der Waals surface area contributed by atoms with Crippen molar-refractivity contribution in [1.82, 2.24) is 14.8 Å². The van der Waals surface area contributed by atoms with E-state index in [-0.39, 0.29) is 0 Å². The van der Waals surface area contributed by atoms with Crippen LogP contribution in [0, 0.1) is 0 Å². The molecule has 0 saturated heterocycles. The normalized spacial score (nSPS) is 19.0. The maximum absolute atomic E-state index is 13.4. The van der Waals surface area contributed by atoms with Crippen molar-refractivity contribution in [3.05, 3.63) is 30.1 Å².